The Bertz CT molecular complexity index is 682. The zero-order valence-electron chi connectivity index (χ0n) is 15.3. The molecule has 25 heavy (non-hydrogen) atoms. The monoisotopic (exact) mass is 362 g/mol. The number of carbonyl (C=O) groups excluding carboxylic acids is 1. The summed E-state index contributed by atoms with van der Waals surface area (Å²) in [5, 5.41) is 2.96. The van der Waals surface area contributed by atoms with Gasteiger partial charge in [-0.15, -0.1) is 11.8 Å². The van der Waals surface area contributed by atoms with Crippen LogP contribution < -0.4 is 10.1 Å². The number of oxazole rings is 1. The number of benzene rings is 1. The van der Waals surface area contributed by atoms with Crippen LogP contribution in [0.1, 0.15) is 38.6 Å². The van der Waals surface area contributed by atoms with Crippen molar-refractivity contribution >= 4 is 17.7 Å². The second kappa shape index (κ2) is 9.51. The van der Waals surface area contributed by atoms with Crippen LogP contribution in [0, 0.1) is 6.92 Å². The van der Waals surface area contributed by atoms with Crippen LogP contribution in [0.25, 0.3) is 11.5 Å². The average molecular weight is 362 g/mol. The van der Waals surface area contributed by atoms with Gasteiger partial charge in [-0.2, -0.15) is 0 Å². The first-order valence-electron chi connectivity index (χ1n) is 8.60. The number of amides is 1. The smallest absolute Gasteiger partial charge is 0.230 e. The molecule has 1 heterocycles. The minimum Gasteiger partial charge on any atom is -0.494 e. The van der Waals surface area contributed by atoms with Gasteiger partial charge in [0.2, 0.25) is 11.8 Å². The zero-order valence-corrected chi connectivity index (χ0v) is 16.1. The van der Waals surface area contributed by atoms with E-state index >= 15 is 0 Å². The maximum Gasteiger partial charge on any atom is 0.230 e. The maximum atomic E-state index is 11.8. The Hall–Kier alpha value is -1.95. The van der Waals surface area contributed by atoms with Crippen LogP contribution in [0.15, 0.2) is 28.7 Å². The second-order valence-electron chi connectivity index (χ2n) is 5.85. The van der Waals surface area contributed by atoms with Gasteiger partial charge in [0.15, 0.2) is 0 Å². The van der Waals surface area contributed by atoms with Crippen LogP contribution in [0.3, 0.4) is 0 Å². The largest absolute Gasteiger partial charge is 0.494 e. The van der Waals surface area contributed by atoms with E-state index in [1.165, 1.54) is 0 Å². The van der Waals surface area contributed by atoms with E-state index in [1.54, 1.807) is 11.8 Å². The molecule has 0 aliphatic rings. The van der Waals surface area contributed by atoms with Crippen molar-refractivity contribution in [2.24, 2.45) is 0 Å². The molecule has 0 radical (unpaired) electrons. The molecule has 2 aromatic rings. The lowest BCUT2D eigenvalue weighted by atomic mass is 10.2. The van der Waals surface area contributed by atoms with Crippen LogP contribution in [0.5, 0.6) is 5.75 Å². The number of nitrogens with one attached hydrogen (secondary N) is 1. The number of thioether (sulfide) groups is 1. The van der Waals surface area contributed by atoms with Crippen molar-refractivity contribution in [1.82, 2.24) is 10.3 Å². The highest BCUT2D eigenvalue weighted by Gasteiger charge is 2.13. The lowest BCUT2D eigenvalue weighted by molar-refractivity contribution is -0.119. The highest BCUT2D eigenvalue weighted by molar-refractivity contribution is 7.99. The van der Waals surface area contributed by atoms with Crippen LogP contribution >= 0.6 is 11.8 Å². The number of carbonyl (C=O) groups is 1. The van der Waals surface area contributed by atoms with Gasteiger partial charge < -0.3 is 14.5 Å². The third-order valence-corrected chi connectivity index (χ3v) is 4.74. The molecular formula is C19H26N2O3S. The summed E-state index contributed by atoms with van der Waals surface area (Å²) < 4.78 is 11.2. The number of nitrogens with zero attached hydrogens (tertiary/aromatic N) is 1. The molecule has 0 bridgehead atoms. The molecule has 6 heteroatoms. The maximum absolute atomic E-state index is 11.8. The van der Waals surface area contributed by atoms with Crippen molar-refractivity contribution < 1.29 is 13.9 Å². The molecule has 0 aliphatic heterocycles. The molecular weight excluding hydrogens is 336 g/mol. The summed E-state index contributed by atoms with van der Waals surface area (Å²) in [6.07, 6.45) is 0.935. The van der Waals surface area contributed by atoms with Crippen molar-refractivity contribution in [2.75, 3.05) is 12.4 Å². The number of hydrogen-bond acceptors (Lipinski definition) is 5. The highest BCUT2D eigenvalue weighted by Crippen LogP contribution is 2.25. The van der Waals surface area contributed by atoms with E-state index in [0.29, 0.717) is 24.0 Å². The molecule has 0 fully saturated rings. The first-order chi connectivity index (χ1) is 12.0. The quantitative estimate of drug-likeness (QED) is 0.724. The molecule has 1 aromatic carbocycles. The van der Waals surface area contributed by atoms with E-state index in [0.717, 1.165) is 29.2 Å². The third kappa shape index (κ3) is 5.81. The van der Waals surface area contributed by atoms with Crippen LogP contribution in [-0.2, 0) is 10.5 Å². The highest BCUT2D eigenvalue weighted by atomic mass is 32.2. The van der Waals surface area contributed by atoms with Gasteiger partial charge in [-0.25, -0.2) is 4.98 Å². The molecule has 0 saturated heterocycles. The number of ether oxygens (including phenoxy) is 1. The molecule has 136 valence electrons. The first-order valence-corrected chi connectivity index (χ1v) is 9.75. The van der Waals surface area contributed by atoms with Crippen LogP contribution in [-0.4, -0.2) is 29.3 Å². The van der Waals surface area contributed by atoms with Gasteiger partial charge in [-0.3, -0.25) is 4.79 Å². The summed E-state index contributed by atoms with van der Waals surface area (Å²) in [7, 11) is 0. The SMILES string of the molecule is CCOc1ccc(-c2nc(CSCC(=O)N[C@@H](C)CC)c(C)o2)cc1. The Balaban J connectivity index is 1.92. The average Bonchev–Trinajstić information content (AvgIpc) is 2.96. The van der Waals surface area contributed by atoms with Crippen LogP contribution in [0.2, 0.25) is 0 Å². The fraction of sp³-hybridized carbons (Fsp3) is 0.474. The van der Waals surface area contributed by atoms with E-state index in [1.807, 2.05) is 45.0 Å². The van der Waals surface area contributed by atoms with E-state index in [4.69, 9.17) is 9.15 Å². The van der Waals surface area contributed by atoms with Gasteiger partial charge in [-0.05, 0) is 51.5 Å². The Labute approximate surface area is 153 Å². The molecule has 1 atom stereocenters. The summed E-state index contributed by atoms with van der Waals surface area (Å²) in [4.78, 5) is 16.4. The topological polar surface area (TPSA) is 64.4 Å². The summed E-state index contributed by atoms with van der Waals surface area (Å²) in [5.74, 6) is 3.36. The van der Waals surface area contributed by atoms with Crippen molar-refractivity contribution in [3.63, 3.8) is 0 Å². The number of aryl methyl sites for hydroxylation is 1. The number of rotatable bonds is 9. The van der Waals surface area contributed by atoms with Gasteiger partial charge in [-0.1, -0.05) is 6.92 Å². The molecule has 5 nitrogen and oxygen atoms in total. The fourth-order valence-corrected chi connectivity index (χ4v) is 3.04. The molecule has 2 rings (SSSR count). The normalized spacial score (nSPS) is 12.0. The van der Waals surface area contributed by atoms with Gasteiger partial charge in [0.1, 0.15) is 11.5 Å². The van der Waals surface area contributed by atoms with Crippen molar-refractivity contribution in [3.05, 3.63) is 35.7 Å². The Morgan fingerprint density at radius 1 is 1.32 bits per heavy atom. The van der Waals surface area contributed by atoms with Gasteiger partial charge in [0.05, 0.1) is 18.1 Å². The Morgan fingerprint density at radius 2 is 2.04 bits per heavy atom. The molecule has 1 amide bonds. The first kappa shape index (κ1) is 19.4. The lowest BCUT2D eigenvalue weighted by Crippen LogP contribution is -2.33. The molecule has 0 saturated carbocycles. The Morgan fingerprint density at radius 3 is 2.68 bits per heavy atom. The van der Waals surface area contributed by atoms with Crippen molar-refractivity contribution in [1.29, 1.82) is 0 Å². The predicted molar refractivity (Wildman–Crippen MR) is 102 cm³/mol. The van der Waals surface area contributed by atoms with E-state index in [2.05, 4.69) is 17.2 Å². The van der Waals surface area contributed by atoms with E-state index < -0.39 is 0 Å². The van der Waals surface area contributed by atoms with Gasteiger partial charge in [0, 0.05) is 17.4 Å². The summed E-state index contributed by atoms with van der Waals surface area (Å²) in [6, 6.07) is 7.91. The summed E-state index contributed by atoms with van der Waals surface area (Å²) in [5.41, 5.74) is 1.79. The molecule has 0 aliphatic carbocycles. The molecule has 0 spiro atoms. The predicted octanol–water partition coefficient (Wildman–Crippen LogP) is 4.20. The summed E-state index contributed by atoms with van der Waals surface area (Å²) in [6.45, 7) is 8.56. The Kier molecular flexibility index (Phi) is 7.37. The molecule has 1 aromatic heterocycles. The van der Waals surface area contributed by atoms with Gasteiger partial charge >= 0.3 is 0 Å². The lowest BCUT2D eigenvalue weighted by Gasteiger charge is -2.10. The number of hydrogen-bond donors (Lipinski definition) is 1. The molecule has 0 unspecified atom stereocenters. The van der Waals surface area contributed by atoms with Crippen LogP contribution in [0.4, 0.5) is 0 Å². The fourth-order valence-electron chi connectivity index (χ4n) is 2.20. The second-order valence-corrected chi connectivity index (χ2v) is 6.83. The minimum atomic E-state index is 0.0623. The van der Waals surface area contributed by atoms with Crippen molar-refractivity contribution in [2.45, 2.75) is 45.9 Å². The third-order valence-electron chi connectivity index (χ3n) is 3.80. The van der Waals surface area contributed by atoms with Gasteiger partial charge in [0.25, 0.3) is 0 Å². The summed E-state index contributed by atoms with van der Waals surface area (Å²) >= 11 is 1.54. The number of aromatic nitrogens is 1. The molecule has 1 N–H and O–H groups in total. The van der Waals surface area contributed by atoms with Crippen molar-refractivity contribution in [3.8, 4) is 17.2 Å². The zero-order chi connectivity index (χ0) is 18.2. The standard InChI is InChI=1S/C19H26N2O3S/c1-5-13(3)20-18(22)12-25-11-17-14(4)24-19(21-17)15-7-9-16(10-8-15)23-6-2/h7-10,13H,5-6,11-12H2,1-4H3,(H,20,22)/t13-/m0/s1. The van der Waals surface area contributed by atoms with E-state index in [-0.39, 0.29) is 11.9 Å². The van der Waals surface area contributed by atoms with E-state index in [9.17, 15) is 4.79 Å². The minimum absolute atomic E-state index is 0.0623.